The molecule has 6 nitrogen and oxygen atoms in total. The van der Waals surface area contributed by atoms with Crippen LogP contribution in [0.5, 0.6) is 5.75 Å². The molecule has 8 heteroatoms. The van der Waals surface area contributed by atoms with Gasteiger partial charge in [-0.05, 0) is 48.0 Å². The van der Waals surface area contributed by atoms with E-state index in [1.807, 2.05) is 18.2 Å². The summed E-state index contributed by atoms with van der Waals surface area (Å²) < 4.78 is 1.59. The summed E-state index contributed by atoms with van der Waals surface area (Å²) in [5, 5.41) is 9.78. The third-order valence-electron chi connectivity index (χ3n) is 4.10. The number of phenols is 1. The van der Waals surface area contributed by atoms with Crippen molar-refractivity contribution >= 4 is 48.7 Å². The largest absolute Gasteiger partial charge is 0.508 e. The molecule has 3 N–H and O–H groups in total. The van der Waals surface area contributed by atoms with Gasteiger partial charge in [-0.15, -0.1) is 0 Å². The van der Waals surface area contributed by atoms with Crippen LogP contribution in [0.25, 0.3) is 22.2 Å². The van der Waals surface area contributed by atoms with Crippen LogP contribution in [0.3, 0.4) is 0 Å². The molecule has 0 fully saturated rings. The van der Waals surface area contributed by atoms with Crippen LogP contribution in [0, 0.1) is 0 Å². The highest BCUT2D eigenvalue weighted by Gasteiger charge is 2.23. The number of aromatic hydroxyl groups is 1. The molecular formula is C19H11Br2N3O3. The number of carbonyl (C=O) groups is 1. The van der Waals surface area contributed by atoms with Crippen molar-refractivity contribution in [2.75, 3.05) is 0 Å². The van der Waals surface area contributed by atoms with Crippen molar-refractivity contribution in [3.05, 3.63) is 79.3 Å². The number of phenolic OH excluding ortho intramolecular Hbond substituents is 1. The maximum atomic E-state index is 13.1. The van der Waals surface area contributed by atoms with Crippen LogP contribution >= 0.6 is 31.9 Å². The summed E-state index contributed by atoms with van der Waals surface area (Å²) in [5.74, 6) is -0.240. The van der Waals surface area contributed by atoms with E-state index in [9.17, 15) is 14.7 Å². The molecule has 4 rings (SSSR count). The van der Waals surface area contributed by atoms with Gasteiger partial charge < -0.3 is 15.1 Å². The molecule has 0 bridgehead atoms. The molecule has 2 aromatic heterocycles. The normalized spacial score (nSPS) is 11.0. The Hall–Kier alpha value is -2.71. The molecule has 0 amide bonds. The molecule has 0 spiro atoms. The highest BCUT2D eigenvalue weighted by atomic mass is 79.9. The molecule has 0 unspecified atom stereocenters. The lowest BCUT2D eigenvalue weighted by molar-refractivity contribution is 0.103. The van der Waals surface area contributed by atoms with Gasteiger partial charge in [0.2, 0.25) is 5.78 Å². The second kappa shape index (κ2) is 6.79. The standard InChI is InChI=1S/C19H11Br2N3O3/c20-11-5-10(6-12(21)7-11)14-15-18(22-8-23-19(15)27)24-16(14)17(26)9-1-3-13(25)4-2-9/h1-8,25H,(H2,22,23,24,27). The topological polar surface area (TPSA) is 98.8 Å². The number of nitrogens with one attached hydrogen (secondary N) is 2. The van der Waals surface area contributed by atoms with Crippen molar-refractivity contribution in [1.82, 2.24) is 15.0 Å². The minimum absolute atomic E-state index is 0.0671. The highest BCUT2D eigenvalue weighted by Crippen LogP contribution is 2.34. The minimum Gasteiger partial charge on any atom is -0.508 e. The highest BCUT2D eigenvalue weighted by molar-refractivity contribution is 9.11. The summed E-state index contributed by atoms with van der Waals surface area (Å²) in [6.07, 6.45) is 1.29. The zero-order valence-corrected chi connectivity index (χ0v) is 16.8. The molecule has 27 heavy (non-hydrogen) atoms. The Labute approximate surface area is 169 Å². The number of aromatic amines is 2. The summed E-state index contributed by atoms with van der Waals surface area (Å²) in [7, 11) is 0. The van der Waals surface area contributed by atoms with Gasteiger partial charge in [-0.25, -0.2) is 4.98 Å². The molecule has 2 heterocycles. The van der Waals surface area contributed by atoms with Crippen LogP contribution in [0.2, 0.25) is 0 Å². The summed E-state index contributed by atoms with van der Waals surface area (Å²) in [6.45, 7) is 0. The van der Waals surface area contributed by atoms with Crippen molar-refractivity contribution in [2.45, 2.75) is 0 Å². The number of fused-ring (bicyclic) bond motifs is 1. The number of H-pyrrole nitrogens is 2. The van der Waals surface area contributed by atoms with Crippen molar-refractivity contribution in [1.29, 1.82) is 0 Å². The number of hydrogen-bond donors (Lipinski definition) is 3. The van der Waals surface area contributed by atoms with Crippen LogP contribution in [-0.2, 0) is 0 Å². The lowest BCUT2D eigenvalue weighted by Crippen LogP contribution is -2.07. The molecular weight excluding hydrogens is 478 g/mol. The maximum Gasteiger partial charge on any atom is 0.260 e. The first-order valence-corrected chi connectivity index (χ1v) is 9.42. The average Bonchev–Trinajstić information content (AvgIpc) is 3.02. The fourth-order valence-electron chi connectivity index (χ4n) is 2.95. The first-order valence-electron chi connectivity index (χ1n) is 7.83. The van der Waals surface area contributed by atoms with E-state index in [0.29, 0.717) is 27.7 Å². The zero-order chi connectivity index (χ0) is 19.1. The van der Waals surface area contributed by atoms with Gasteiger partial charge in [0, 0.05) is 20.1 Å². The summed E-state index contributed by atoms with van der Waals surface area (Å²) in [4.78, 5) is 35.3. The monoisotopic (exact) mass is 487 g/mol. The Balaban J connectivity index is 2.03. The predicted molar refractivity (Wildman–Crippen MR) is 109 cm³/mol. The molecule has 4 aromatic rings. The summed E-state index contributed by atoms with van der Waals surface area (Å²) in [6, 6.07) is 11.5. The van der Waals surface area contributed by atoms with E-state index in [1.165, 1.54) is 30.6 Å². The van der Waals surface area contributed by atoms with Crippen LogP contribution in [0.15, 0.2) is 62.5 Å². The number of carbonyl (C=O) groups excluding carboxylic acids is 1. The lowest BCUT2D eigenvalue weighted by atomic mass is 9.98. The van der Waals surface area contributed by atoms with Crippen molar-refractivity contribution < 1.29 is 9.90 Å². The van der Waals surface area contributed by atoms with Gasteiger partial charge in [-0.1, -0.05) is 31.9 Å². The summed E-state index contributed by atoms with van der Waals surface area (Å²) in [5.41, 5.74) is 1.78. The Morgan fingerprint density at radius 1 is 1.04 bits per heavy atom. The van der Waals surface area contributed by atoms with E-state index in [0.717, 1.165) is 8.95 Å². The Kier molecular flexibility index (Phi) is 4.45. The Morgan fingerprint density at radius 3 is 2.37 bits per heavy atom. The molecule has 134 valence electrons. The number of aromatic nitrogens is 3. The number of ketones is 1. The number of benzene rings is 2. The van der Waals surface area contributed by atoms with Crippen molar-refractivity contribution in [3.63, 3.8) is 0 Å². The Bertz CT molecular complexity index is 1220. The summed E-state index contributed by atoms with van der Waals surface area (Å²) >= 11 is 6.88. The molecule has 0 saturated heterocycles. The number of hydrogen-bond acceptors (Lipinski definition) is 4. The van der Waals surface area contributed by atoms with E-state index in [4.69, 9.17) is 0 Å². The van der Waals surface area contributed by atoms with Gasteiger partial charge in [0.15, 0.2) is 0 Å². The second-order valence-electron chi connectivity index (χ2n) is 5.86. The molecule has 2 aromatic carbocycles. The fourth-order valence-corrected chi connectivity index (χ4v) is 4.24. The second-order valence-corrected chi connectivity index (χ2v) is 7.70. The van der Waals surface area contributed by atoms with Gasteiger partial charge in [0.1, 0.15) is 11.4 Å². The van der Waals surface area contributed by atoms with E-state index in [-0.39, 0.29) is 22.8 Å². The molecule has 0 saturated carbocycles. The SMILES string of the molecule is O=C(c1ccc(O)cc1)c1[nH]c2nc[nH]c(=O)c2c1-c1cc(Br)cc(Br)c1. The molecule has 0 radical (unpaired) electrons. The van der Waals surface area contributed by atoms with Gasteiger partial charge in [0.05, 0.1) is 17.4 Å². The van der Waals surface area contributed by atoms with Crippen LogP contribution in [0.4, 0.5) is 0 Å². The number of nitrogens with zero attached hydrogens (tertiary/aromatic N) is 1. The smallest absolute Gasteiger partial charge is 0.260 e. The minimum atomic E-state index is -0.341. The maximum absolute atomic E-state index is 13.1. The zero-order valence-electron chi connectivity index (χ0n) is 13.6. The Morgan fingerprint density at radius 2 is 1.70 bits per heavy atom. The number of rotatable bonds is 3. The third-order valence-corrected chi connectivity index (χ3v) is 5.02. The molecule has 0 aliphatic carbocycles. The first-order chi connectivity index (χ1) is 12.9. The van der Waals surface area contributed by atoms with E-state index < -0.39 is 0 Å². The van der Waals surface area contributed by atoms with Crippen LogP contribution in [-0.4, -0.2) is 25.8 Å². The van der Waals surface area contributed by atoms with E-state index >= 15 is 0 Å². The fraction of sp³-hybridized carbons (Fsp3) is 0. The first kappa shape index (κ1) is 17.7. The van der Waals surface area contributed by atoms with Crippen LogP contribution in [0.1, 0.15) is 16.1 Å². The lowest BCUT2D eigenvalue weighted by Gasteiger charge is -2.06. The van der Waals surface area contributed by atoms with Gasteiger partial charge >= 0.3 is 0 Å². The molecule has 0 aliphatic heterocycles. The van der Waals surface area contributed by atoms with Crippen molar-refractivity contribution in [3.8, 4) is 16.9 Å². The molecule has 0 aliphatic rings. The average molecular weight is 489 g/mol. The van der Waals surface area contributed by atoms with E-state index in [2.05, 4.69) is 46.8 Å². The third kappa shape index (κ3) is 3.22. The van der Waals surface area contributed by atoms with Gasteiger partial charge in [-0.2, -0.15) is 0 Å². The van der Waals surface area contributed by atoms with E-state index in [1.54, 1.807) is 0 Å². The number of halogens is 2. The molecule has 0 atom stereocenters. The van der Waals surface area contributed by atoms with Crippen molar-refractivity contribution in [2.24, 2.45) is 0 Å². The quantitative estimate of drug-likeness (QED) is 0.372. The predicted octanol–water partition coefficient (Wildman–Crippen LogP) is 4.38. The van der Waals surface area contributed by atoms with Crippen LogP contribution < -0.4 is 5.56 Å². The van der Waals surface area contributed by atoms with Gasteiger partial charge in [-0.3, -0.25) is 9.59 Å². The van der Waals surface area contributed by atoms with Gasteiger partial charge in [0.25, 0.3) is 5.56 Å².